The lowest BCUT2D eigenvalue weighted by Gasteiger charge is -2.41. The third kappa shape index (κ3) is 3.12. The third-order valence-electron chi connectivity index (χ3n) is 3.36. The Kier molecular flexibility index (Phi) is 4.15. The minimum absolute atomic E-state index is 0.0451. The molecule has 1 fully saturated rings. The van der Waals surface area contributed by atoms with Gasteiger partial charge in [0.15, 0.2) is 0 Å². The number of carbonyl (C=O) groups excluding carboxylic acids is 1. The molecule has 1 saturated carbocycles. The minimum atomic E-state index is -0.894. The van der Waals surface area contributed by atoms with Gasteiger partial charge < -0.3 is 15.7 Å². The van der Waals surface area contributed by atoms with Crippen LogP contribution < -0.4 is 10.6 Å². The van der Waals surface area contributed by atoms with Gasteiger partial charge in [-0.3, -0.25) is 4.79 Å². The highest BCUT2D eigenvalue weighted by Gasteiger charge is 2.36. The van der Waals surface area contributed by atoms with Crippen LogP contribution in [-0.4, -0.2) is 29.2 Å². The van der Waals surface area contributed by atoms with E-state index in [0.29, 0.717) is 0 Å². The highest BCUT2D eigenvalue weighted by atomic mass is 16.4. The highest BCUT2D eigenvalue weighted by molar-refractivity contribution is 5.76. The Balaban J connectivity index is 2.28. The van der Waals surface area contributed by atoms with Crippen LogP contribution in [0.2, 0.25) is 0 Å². The summed E-state index contributed by atoms with van der Waals surface area (Å²) < 4.78 is 0. The van der Waals surface area contributed by atoms with Crippen LogP contribution in [0.5, 0.6) is 0 Å². The average molecular weight is 228 g/mol. The van der Waals surface area contributed by atoms with E-state index >= 15 is 0 Å². The maximum atomic E-state index is 11.5. The van der Waals surface area contributed by atoms with Crippen molar-refractivity contribution in [3.8, 4) is 0 Å². The number of amides is 2. The number of aliphatic carboxylic acids is 1. The molecule has 0 spiro atoms. The van der Waals surface area contributed by atoms with Gasteiger partial charge in [-0.1, -0.05) is 13.8 Å². The molecule has 5 heteroatoms. The summed E-state index contributed by atoms with van der Waals surface area (Å²) in [6, 6.07) is -0.255. The SMILES string of the molecule is CCC1(NC(=O)NCC(C)C(=O)O)CCC1. The van der Waals surface area contributed by atoms with Gasteiger partial charge in [0.05, 0.1) is 5.92 Å². The van der Waals surface area contributed by atoms with Crippen LogP contribution in [0.15, 0.2) is 0 Å². The van der Waals surface area contributed by atoms with Gasteiger partial charge in [-0.05, 0) is 25.7 Å². The van der Waals surface area contributed by atoms with Crippen LogP contribution in [0.3, 0.4) is 0 Å². The summed E-state index contributed by atoms with van der Waals surface area (Å²) >= 11 is 0. The molecule has 0 aromatic rings. The van der Waals surface area contributed by atoms with Crippen molar-refractivity contribution in [3.05, 3.63) is 0 Å². The summed E-state index contributed by atoms with van der Waals surface area (Å²) in [5.41, 5.74) is -0.0451. The molecule has 92 valence electrons. The molecule has 3 N–H and O–H groups in total. The maximum Gasteiger partial charge on any atom is 0.315 e. The van der Waals surface area contributed by atoms with Crippen molar-refractivity contribution in [2.45, 2.75) is 45.1 Å². The van der Waals surface area contributed by atoms with E-state index in [0.717, 1.165) is 25.7 Å². The molecule has 16 heavy (non-hydrogen) atoms. The molecule has 0 aromatic heterocycles. The second-order valence-corrected chi connectivity index (χ2v) is 4.56. The molecular weight excluding hydrogens is 208 g/mol. The van der Waals surface area contributed by atoms with Crippen LogP contribution in [0, 0.1) is 5.92 Å². The summed E-state index contributed by atoms with van der Waals surface area (Å²) in [5, 5.41) is 14.2. The fraction of sp³-hybridized carbons (Fsp3) is 0.818. The largest absolute Gasteiger partial charge is 0.481 e. The standard InChI is InChI=1S/C11H20N2O3/c1-3-11(5-4-6-11)13-10(16)12-7-8(2)9(14)15/h8H,3-7H2,1-2H3,(H,14,15)(H2,12,13,16). The second kappa shape index (κ2) is 5.18. The lowest BCUT2D eigenvalue weighted by atomic mass is 9.75. The molecule has 2 amide bonds. The Labute approximate surface area is 95.6 Å². The van der Waals surface area contributed by atoms with Gasteiger partial charge in [0.1, 0.15) is 0 Å². The van der Waals surface area contributed by atoms with Crippen LogP contribution in [0.4, 0.5) is 4.79 Å². The van der Waals surface area contributed by atoms with Crippen LogP contribution in [0.1, 0.15) is 39.5 Å². The number of carboxylic acids is 1. The molecule has 1 aliphatic rings. The lowest BCUT2D eigenvalue weighted by molar-refractivity contribution is -0.140. The van der Waals surface area contributed by atoms with E-state index in [2.05, 4.69) is 17.6 Å². The monoisotopic (exact) mass is 228 g/mol. The molecule has 0 aliphatic heterocycles. The normalized spacial score (nSPS) is 19.4. The van der Waals surface area contributed by atoms with E-state index < -0.39 is 11.9 Å². The highest BCUT2D eigenvalue weighted by Crippen LogP contribution is 2.34. The summed E-state index contributed by atoms with van der Waals surface area (Å²) in [4.78, 5) is 22.1. The van der Waals surface area contributed by atoms with E-state index in [4.69, 9.17) is 5.11 Å². The van der Waals surface area contributed by atoms with Gasteiger partial charge >= 0.3 is 12.0 Å². The molecule has 0 saturated heterocycles. The summed E-state index contributed by atoms with van der Waals surface area (Å²) in [6.45, 7) is 3.79. The Hall–Kier alpha value is -1.26. The zero-order valence-electron chi connectivity index (χ0n) is 9.88. The summed E-state index contributed by atoms with van der Waals surface area (Å²) in [7, 11) is 0. The topological polar surface area (TPSA) is 78.4 Å². The number of rotatable bonds is 5. The first kappa shape index (κ1) is 12.8. The molecule has 1 unspecified atom stereocenters. The summed E-state index contributed by atoms with van der Waals surface area (Å²) in [5.74, 6) is -1.45. The van der Waals surface area contributed by atoms with E-state index in [-0.39, 0.29) is 18.1 Å². The van der Waals surface area contributed by atoms with Crippen molar-refractivity contribution in [2.75, 3.05) is 6.54 Å². The van der Waals surface area contributed by atoms with Gasteiger partial charge in [0, 0.05) is 12.1 Å². The Morgan fingerprint density at radius 1 is 1.44 bits per heavy atom. The fourth-order valence-corrected chi connectivity index (χ4v) is 1.79. The first-order valence-corrected chi connectivity index (χ1v) is 5.78. The number of nitrogens with one attached hydrogen (secondary N) is 2. The number of hydrogen-bond acceptors (Lipinski definition) is 2. The molecule has 1 aliphatic carbocycles. The van der Waals surface area contributed by atoms with Crippen LogP contribution in [-0.2, 0) is 4.79 Å². The lowest BCUT2D eigenvalue weighted by Crippen LogP contribution is -2.56. The van der Waals surface area contributed by atoms with Gasteiger partial charge in [0.25, 0.3) is 0 Å². The van der Waals surface area contributed by atoms with Gasteiger partial charge in [-0.15, -0.1) is 0 Å². The minimum Gasteiger partial charge on any atom is -0.481 e. The van der Waals surface area contributed by atoms with E-state index in [1.807, 2.05) is 0 Å². The van der Waals surface area contributed by atoms with Crippen LogP contribution in [0.25, 0.3) is 0 Å². The van der Waals surface area contributed by atoms with E-state index in [9.17, 15) is 9.59 Å². The van der Waals surface area contributed by atoms with Crippen LogP contribution >= 0.6 is 0 Å². The van der Waals surface area contributed by atoms with Crippen molar-refractivity contribution in [3.63, 3.8) is 0 Å². The third-order valence-corrected chi connectivity index (χ3v) is 3.36. The number of urea groups is 1. The van der Waals surface area contributed by atoms with Crippen molar-refractivity contribution >= 4 is 12.0 Å². The Morgan fingerprint density at radius 2 is 2.06 bits per heavy atom. The van der Waals surface area contributed by atoms with Crippen molar-refractivity contribution in [2.24, 2.45) is 5.92 Å². The first-order valence-electron chi connectivity index (χ1n) is 5.78. The molecule has 0 bridgehead atoms. The van der Waals surface area contributed by atoms with Crippen molar-refractivity contribution < 1.29 is 14.7 Å². The van der Waals surface area contributed by atoms with E-state index in [1.54, 1.807) is 6.92 Å². The molecule has 0 aromatic carbocycles. The molecule has 0 radical (unpaired) electrons. The second-order valence-electron chi connectivity index (χ2n) is 4.56. The zero-order chi connectivity index (χ0) is 12.2. The molecule has 5 nitrogen and oxygen atoms in total. The zero-order valence-corrected chi connectivity index (χ0v) is 9.88. The molecule has 0 heterocycles. The fourth-order valence-electron chi connectivity index (χ4n) is 1.79. The predicted octanol–water partition coefficient (Wildman–Crippen LogP) is 1.34. The number of carboxylic acid groups (broad SMARTS) is 1. The van der Waals surface area contributed by atoms with Crippen molar-refractivity contribution in [1.29, 1.82) is 0 Å². The molecule has 1 rings (SSSR count). The molecular formula is C11H20N2O3. The Morgan fingerprint density at radius 3 is 2.44 bits per heavy atom. The molecule has 1 atom stereocenters. The predicted molar refractivity (Wildman–Crippen MR) is 60.2 cm³/mol. The van der Waals surface area contributed by atoms with Crippen molar-refractivity contribution in [1.82, 2.24) is 10.6 Å². The van der Waals surface area contributed by atoms with Gasteiger partial charge in [0.2, 0.25) is 0 Å². The maximum absolute atomic E-state index is 11.5. The quantitative estimate of drug-likeness (QED) is 0.664. The average Bonchev–Trinajstić information content (AvgIpc) is 2.19. The number of carbonyl (C=O) groups is 2. The van der Waals surface area contributed by atoms with E-state index in [1.165, 1.54) is 0 Å². The van der Waals surface area contributed by atoms with Gasteiger partial charge in [-0.2, -0.15) is 0 Å². The smallest absolute Gasteiger partial charge is 0.315 e. The number of hydrogen-bond donors (Lipinski definition) is 3. The summed E-state index contributed by atoms with van der Waals surface area (Å²) in [6.07, 6.45) is 4.12. The first-order chi connectivity index (χ1) is 7.49. The Bertz CT molecular complexity index is 269. The van der Waals surface area contributed by atoms with Gasteiger partial charge in [-0.25, -0.2) is 4.79 Å².